The minimum absolute atomic E-state index is 0.250. The molecular formula is C11H14FN. The summed E-state index contributed by atoms with van der Waals surface area (Å²) in [5.41, 5.74) is 3.74. The van der Waals surface area contributed by atoms with Crippen LogP contribution in [0.2, 0.25) is 0 Å². The zero-order valence-electron chi connectivity index (χ0n) is 8.05. The molecule has 0 fully saturated rings. The molecule has 70 valence electrons. The van der Waals surface area contributed by atoms with E-state index in [1.807, 2.05) is 6.07 Å². The van der Waals surface area contributed by atoms with Crippen LogP contribution in [0, 0.1) is 0 Å². The fraction of sp³-hybridized carbons (Fsp3) is 0.364. The topological polar surface area (TPSA) is 12.4 Å². The average Bonchev–Trinajstić information content (AvgIpc) is 2.45. The molecule has 0 aliphatic carbocycles. The summed E-state index contributed by atoms with van der Waals surface area (Å²) in [6.45, 7) is 3.28. The van der Waals surface area contributed by atoms with Crippen molar-refractivity contribution in [3.8, 4) is 0 Å². The molecule has 1 aromatic carbocycles. The lowest BCUT2D eigenvalue weighted by molar-refractivity contribution is 0.527. The summed E-state index contributed by atoms with van der Waals surface area (Å²) in [4.78, 5) is 4.37. The van der Waals surface area contributed by atoms with Gasteiger partial charge in [-0.25, -0.2) is 0 Å². The Morgan fingerprint density at radius 2 is 2.00 bits per heavy atom. The Labute approximate surface area is 78.3 Å². The molecule has 0 bridgehead atoms. The molecule has 0 aromatic heterocycles. The second-order valence-corrected chi connectivity index (χ2v) is 2.92. The van der Waals surface area contributed by atoms with Crippen molar-refractivity contribution in [2.45, 2.75) is 20.3 Å². The van der Waals surface area contributed by atoms with Gasteiger partial charge < -0.3 is 0 Å². The number of rotatable bonds is 0. The molecule has 0 amide bonds. The van der Waals surface area contributed by atoms with Gasteiger partial charge in [-0.3, -0.25) is 9.38 Å². The van der Waals surface area contributed by atoms with Crippen LogP contribution in [0.5, 0.6) is 0 Å². The van der Waals surface area contributed by atoms with Gasteiger partial charge in [0, 0.05) is 12.1 Å². The number of fused-ring (bicyclic) bond motifs is 1. The zero-order chi connectivity index (χ0) is 9.68. The van der Waals surface area contributed by atoms with Crippen LogP contribution in [-0.4, -0.2) is 12.4 Å². The van der Waals surface area contributed by atoms with Crippen LogP contribution >= 0.6 is 0 Å². The van der Waals surface area contributed by atoms with Crippen LogP contribution in [0.15, 0.2) is 29.3 Å². The number of nitrogens with zero attached hydrogens (tertiary/aromatic N) is 1. The fourth-order valence-corrected chi connectivity index (χ4v) is 1.29. The van der Waals surface area contributed by atoms with Crippen molar-refractivity contribution in [1.29, 1.82) is 0 Å². The molecule has 1 heterocycles. The molecule has 1 aliphatic rings. The Morgan fingerprint density at radius 3 is 2.62 bits per heavy atom. The molecule has 1 nitrogen and oxygen atoms in total. The maximum atomic E-state index is 10.3. The van der Waals surface area contributed by atoms with E-state index in [2.05, 4.69) is 30.1 Å². The van der Waals surface area contributed by atoms with Gasteiger partial charge in [-0.15, -0.1) is 0 Å². The summed E-state index contributed by atoms with van der Waals surface area (Å²) in [6.07, 6.45) is 1.04. The van der Waals surface area contributed by atoms with Gasteiger partial charge in [0.05, 0.1) is 12.4 Å². The molecule has 0 saturated heterocycles. The molecule has 2 rings (SSSR count). The highest BCUT2D eigenvalue weighted by atomic mass is 19.1. The summed E-state index contributed by atoms with van der Waals surface area (Å²) in [7, 11) is 0. The first-order valence-corrected chi connectivity index (χ1v) is 4.46. The molecule has 2 heteroatoms. The molecule has 0 N–H and O–H groups in total. The molecule has 13 heavy (non-hydrogen) atoms. The van der Waals surface area contributed by atoms with E-state index in [0.29, 0.717) is 0 Å². The normalized spacial score (nSPS) is 12.7. The first-order chi connectivity index (χ1) is 6.27. The van der Waals surface area contributed by atoms with Gasteiger partial charge in [0.25, 0.3) is 0 Å². The number of halogens is 1. The van der Waals surface area contributed by atoms with E-state index >= 15 is 0 Å². The minimum atomic E-state index is -0.250. The number of benzene rings is 1. The Kier molecular flexibility index (Phi) is 3.62. The maximum absolute atomic E-state index is 10.3. The quantitative estimate of drug-likeness (QED) is 0.579. The monoisotopic (exact) mass is 179 g/mol. The molecule has 0 unspecified atom stereocenters. The highest BCUT2D eigenvalue weighted by Crippen LogP contribution is 2.25. The van der Waals surface area contributed by atoms with Crippen LogP contribution in [-0.2, 0) is 6.42 Å². The molecule has 0 atom stereocenters. The lowest BCUT2D eigenvalue weighted by atomic mass is 10.1. The molecular weight excluding hydrogens is 165 g/mol. The van der Waals surface area contributed by atoms with Gasteiger partial charge in [0.15, 0.2) is 0 Å². The predicted molar refractivity (Wildman–Crippen MR) is 54.6 cm³/mol. The molecule has 0 saturated carbocycles. The summed E-state index contributed by atoms with van der Waals surface area (Å²) >= 11 is 0. The van der Waals surface area contributed by atoms with Crippen LogP contribution in [0.4, 0.5) is 10.1 Å². The lowest BCUT2D eigenvalue weighted by Gasteiger charge is -1.91. The van der Waals surface area contributed by atoms with E-state index in [4.69, 9.17) is 0 Å². The van der Waals surface area contributed by atoms with Crippen LogP contribution in [0.1, 0.15) is 19.4 Å². The van der Waals surface area contributed by atoms with Gasteiger partial charge in [0.1, 0.15) is 0 Å². The summed E-state index contributed by atoms with van der Waals surface area (Å²) in [5.74, 6) is 0. The third-order valence-corrected chi connectivity index (χ3v) is 1.75. The largest absolute Gasteiger partial charge is 0.257 e. The average molecular weight is 179 g/mol. The van der Waals surface area contributed by atoms with Crippen molar-refractivity contribution in [3.63, 3.8) is 0 Å². The SMILES string of the molecule is CC1=Nc2ccccc2C1.CCF. The van der Waals surface area contributed by atoms with Crippen molar-refractivity contribution in [2.75, 3.05) is 6.67 Å². The molecule has 1 aromatic rings. The number of aliphatic imine (C=N–C) groups is 1. The van der Waals surface area contributed by atoms with E-state index < -0.39 is 0 Å². The highest BCUT2D eigenvalue weighted by molar-refractivity contribution is 5.91. The van der Waals surface area contributed by atoms with E-state index in [9.17, 15) is 4.39 Å². The summed E-state index contributed by atoms with van der Waals surface area (Å²) in [5, 5.41) is 0. The van der Waals surface area contributed by atoms with Gasteiger partial charge in [-0.05, 0) is 25.5 Å². The van der Waals surface area contributed by atoms with E-state index in [-0.39, 0.29) is 6.67 Å². The van der Waals surface area contributed by atoms with E-state index in [1.54, 1.807) is 0 Å². The second kappa shape index (κ2) is 4.75. The first-order valence-electron chi connectivity index (χ1n) is 4.46. The summed E-state index contributed by atoms with van der Waals surface area (Å²) < 4.78 is 10.3. The molecule has 0 radical (unpaired) electrons. The fourth-order valence-electron chi connectivity index (χ4n) is 1.29. The van der Waals surface area contributed by atoms with Crippen molar-refractivity contribution in [1.82, 2.24) is 0 Å². The molecule has 0 spiro atoms. The van der Waals surface area contributed by atoms with Crippen molar-refractivity contribution >= 4 is 11.4 Å². The van der Waals surface area contributed by atoms with Crippen molar-refractivity contribution < 1.29 is 4.39 Å². The van der Waals surface area contributed by atoms with Gasteiger partial charge in [-0.2, -0.15) is 0 Å². The third kappa shape index (κ3) is 2.65. The predicted octanol–water partition coefficient (Wildman–Crippen LogP) is 3.31. The van der Waals surface area contributed by atoms with Crippen LogP contribution in [0.3, 0.4) is 0 Å². The minimum Gasteiger partial charge on any atom is -0.257 e. The third-order valence-electron chi connectivity index (χ3n) is 1.75. The number of hydrogen-bond acceptors (Lipinski definition) is 1. The Balaban J connectivity index is 0.000000251. The van der Waals surface area contributed by atoms with Gasteiger partial charge in [-0.1, -0.05) is 18.2 Å². The van der Waals surface area contributed by atoms with Crippen LogP contribution < -0.4 is 0 Å². The highest BCUT2D eigenvalue weighted by Gasteiger charge is 2.08. The maximum Gasteiger partial charge on any atom is 0.0866 e. The smallest absolute Gasteiger partial charge is 0.0866 e. The van der Waals surface area contributed by atoms with Crippen molar-refractivity contribution in [2.24, 2.45) is 4.99 Å². The molecule has 1 aliphatic heterocycles. The number of hydrogen-bond donors (Lipinski definition) is 0. The Hall–Kier alpha value is -1.18. The van der Waals surface area contributed by atoms with Crippen molar-refractivity contribution in [3.05, 3.63) is 29.8 Å². The van der Waals surface area contributed by atoms with Crippen LogP contribution in [0.25, 0.3) is 0 Å². The first kappa shape index (κ1) is 9.90. The number of alkyl halides is 1. The lowest BCUT2D eigenvalue weighted by Crippen LogP contribution is -1.87. The Bertz CT molecular complexity index is 305. The van der Waals surface area contributed by atoms with E-state index in [0.717, 1.165) is 12.1 Å². The van der Waals surface area contributed by atoms with E-state index in [1.165, 1.54) is 18.2 Å². The standard InChI is InChI=1S/C9H9N.C2H5F/c1-7-6-8-4-2-3-5-9(8)10-7;1-2-3/h2-5H,6H2,1H3;2H2,1H3. The van der Waals surface area contributed by atoms with Gasteiger partial charge in [0.2, 0.25) is 0 Å². The second-order valence-electron chi connectivity index (χ2n) is 2.92. The summed E-state index contributed by atoms with van der Waals surface area (Å²) in [6, 6.07) is 8.29. The Morgan fingerprint density at radius 1 is 1.38 bits per heavy atom. The van der Waals surface area contributed by atoms with Gasteiger partial charge >= 0.3 is 0 Å². The number of para-hydroxylation sites is 1. The zero-order valence-corrected chi connectivity index (χ0v) is 8.05.